The summed E-state index contributed by atoms with van der Waals surface area (Å²) in [5, 5.41) is 7.96. The predicted octanol–water partition coefficient (Wildman–Crippen LogP) is 4.88. The number of terminal acetylenes is 1. The van der Waals surface area contributed by atoms with Gasteiger partial charge < -0.3 is 10.2 Å². The van der Waals surface area contributed by atoms with Crippen molar-refractivity contribution in [2.45, 2.75) is 52.7 Å². The maximum absolute atomic E-state index is 14.3. The molecule has 14 heteroatoms. The van der Waals surface area contributed by atoms with Gasteiger partial charge in [-0.3, -0.25) is 24.0 Å². The highest BCUT2D eigenvalue weighted by atomic mass is 79.9. The number of hydrogen-bond acceptors (Lipinski definition) is 8. The zero-order valence-corrected chi connectivity index (χ0v) is 29.3. The quantitative estimate of drug-likeness (QED) is 0.124. The molecule has 1 aromatic carbocycles. The van der Waals surface area contributed by atoms with Crippen molar-refractivity contribution in [3.05, 3.63) is 63.9 Å². The summed E-state index contributed by atoms with van der Waals surface area (Å²) in [5.41, 5.74) is 3.77. The molecular formula is C35H37BrF2N8O3. The Morgan fingerprint density at radius 3 is 2.39 bits per heavy atom. The van der Waals surface area contributed by atoms with Crippen LogP contribution in [0, 0.1) is 39.0 Å². The second-order valence-electron chi connectivity index (χ2n) is 12.2. The Labute approximate surface area is 291 Å². The number of carbonyl (C=O) groups excluding carboxylic acids is 3. The van der Waals surface area contributed by atoms with Crippen LogP contribution in [0.5, 0.6) is 0 Å². The van der Waals surface area contributed by atoms with Gasteiger partial charge in [-0.25, -0.2) is 23.7 Å². The molecule has 5 rings (SSSR count). The Bertz CT molecular complexity index is 1920. The third-order valence-corrected chi connectivity index (χ3v) is 9.18. The lowest BCUT2D eigenvalue weighted by Gasteiger charge is -2.29. The summed E-state index contributed by atoms with van der Waals surface area (Å²) in [6.07, 6.45) is 9.59. The van der Waals surface area contributed by atoms with Crippen molar-refractivity contribution in [3.63, 3.8) is 0 Å². The number of benzene rings is 1. The molecule has 1 aliphatic heterocycles. The predicted molar refractivity (Wildman–Crippen MR) is 185 cm³/mol. The molecule has 1 aliphatic rings. The van der Waals surface area contributed by atoms with Gasteiger partial charge in [-0.1, -0.05) is 12.0 Å². The Kier molecular flexibility index (Phi) is 11.1. The second kappa shape index (κ2) is 15.3. The summed E-state index contributed by atoms with van der Waals surface area (Å²) in [4.78, 5) is 56.9. The van der Waals surface area contributed by atoms with E-state index in [0.29, 0.717) is 32.7 Å². The first-order chi connectivity index (χ1) is 23.4. The molecule has 2 amide bonds. The van der Waals surface area contributed by atoms with E-state index in [2.05, 4.69) is 47.2 Å². The lowest BCUT2D eigenvalue weighted by molar-refractivity contribution is -0.138. The summed E-state index contributed by atoms with van der Waals surface area (Å²) >= 11 is 3.33. The minimum atomic E-state index is -1.01. The van der Waals surface area contributed by atoms with Crippen LogP contribution in [0.1, 0.15) is 40.8 Å². The number of likely N-dealkylation sites (tertiary alicyclic amines) is 1. The van der Waals surface area contributed by atoms with E-state index in [-0.39, 0.29) is 44.1 Å². The molecule has 3 aromatic heterocycles. The minimum absolute atomic E-state index is 0.00719. The smallest absolute Gasteiger partial charge is 0.248 e. The number of carbonyl (C=O) groups is 3. The Morgan fingerprint density at radius 1 is 1.06 bits per heavy atom. The van der Waals surface area contributed by atoms with Crippen molar-refractivity contribution in [1.82, 2.24) is 34.5 Å². The highest BCUT2D eigenvalue weighted by Crippen LogP contribution is 2.34. The number of anilines is 1. The van der Waals surface area contributed by atoms with Crippen LogP contribution in [0.2, 0.25) is 0 Å². The van der Waals surface area contributed by atoms with Gasteiger partial charge in [0.1, 0.15) is 47.9 Å². The molecule has 0 spiro atoms. The van der Waals surface area contributed by atoms with Gasteiger partial charge in [0.15, 0.2) is 5.78 Å². The van der Waals surface area contributed by atoms with Crippen molar-refractivity contribution in [1.29, 1.82) is 0 Å². The normalized spacial score (nSPS) is 17.4. The fraction of sp³-hybridized carbons (Fsp3) is 0.400. The molecule has 49 heavy (non-hydrogen) atoms. The molecule has 0 bridgehead atoms. The van der Waals surface area contributed by atoms with Gasteiger partial charge in [0.25, 0.3) is 0 Å². The van der Waals surface area contributed by atoms with Crippen LogP contribution < -0.4 is 5.32 Å². The lowest BCUT2D eigenvalue weighted by Crippen LogP contribution is -2.49. The number of nitrogens with one attached hydrogen (secondary N) is 1. The van der Waals surface area contributed by atoms with Crippen LogP contribution in [-0.4, -0.2) is 97.2 Å². The zero-order chi connectivity index (χ0) is 35.4. The van der Waals surface area contributed by atoms with Crippen molar-refractivity contribution in [2.24, 2.45) is 5.92 Å². The number of nitrogens with zero attached hydrogens (tertiary/aromatic N) is 7. The third kappa shape index (κ3) is 7.68. The Hall–Kier alpha value is -4.61. The Balaban J connectivity index is 1.52. The van der Waals surface area contributed by atoms with Gasteiger partial charge in [-0.15, -0.1) is 6.42 Å². The zero-order valence-electron chi connectivity index (χ0n) is 27.7. The number of hydrogen-bond donors (Lipinski definition) is 1. The molecule has 0 aliphatic carbocycles. The molecule has 4 heterocycles. The standard InChI is InChI=1S/C35H37BrF2N8O3/c1-6-28-25(18-44(11-9-37)12-10-38)15-29(35(49)42-34-20(2)7-8-30(36)41-34)46(28)31(48)19-45-33-21(3)13-24(26-16-39-23(5)40-17-26)14-27(33)32(43-45)22(4)47/h1,7-8,13-14,16-17,25,28-29H,9-12,15,18-19H2,2-5H3,(H,41,42,49)/t25-,28-,29+/m1/s1. The van der Waals surface area contributed by atoms with E-state index < -0.39 is 43.2 Å². The van der Waals surface area contributed by atoms with Crippen molar-refractivity contribution in [3.8, 4) is 23.5 Å². The summed E-state index contributed by atoms with van der Waals surface area (Å²) in [6.45, 7) is 5.33. The number of amides is 2. The van der Waals surface area contributed by atoms with E-state index in [1.807, 2.05) is 19.1 Å². The molecule has 1 N–H and O–H groups in total. The SMILES string of the molecule is C#C[C@@H]1[C@@H](CN(CCF)CCF)C[C@@H](C(=O)Nc2nc(Br)ccc2C)N1C(=O)Cn1nc(C(C)=O)c2cc(-c3cnc(C)nc3)cc(C)c21. The minimum Gasteiger partial charge on any atom is -0.315 e. The lowest BCUT2D eigenvalue weighted by atomic mass is 9.98. The monoisotopic (exact) mass is 734 g/mol. The molecule has 0 radical (unpaired) electrons. The molecule has 0 unspecified atom stereocenters. The van der Waals surface area contributed by atoms with Crippen molar-refractivity contribution >= 4 is 50.2 Å². The second-order valence-corrected chi connectivity index (χ2v) is 13.0. The fourth-order valence-corrected chi connectivity index (χ4v) is 6.73. The Morgan fingerprint density at radius 2 is 1.76 bits per heavy atom. The number of fused-ring (bicyclic) bond motifs is 1. The first-order valence-electron chi connectivity index (χ1n) is 15.8. The summed E-state index contributed by atoms with van der Waals surface area (Å²) in [5.74, 6) is 1.89. The third-order valence-electron chi connectivity index (χ3n) is 8.74. The van der Waals surface area contributed by atoms with Crippen molar-refractivity contribution in [2.75, 3.05) is 38.3 Å². The van der Waals surface area contributed by atoms with Crippen LogP contribution in [0.4, 0.5) is 14.6 Å². The van der Waals surface area contributed by atoms with Crippen LogP contribution in [-0.2, 0) is 16.1 Å². The summed E-state index contributed by atoms with van der Waals surface area (Å²) in [6, 6.07) is 5.40. The van der Waals surface area contributed by atoms with Gasteiger partial charge in [0, 0.05) is 55.8 Å². The number of alkyl halides is 2. The van der Waals surface area contributed by atoms with E-state index in [9.17, 15) is 23.2 Å². The van der Waals surface area contributed by atoms with Gasteiger partial charge in [-0.2, -0.15) is 5.10 Å². The highest BCUT2D eigenvalue weighted by Gasteiger charge is 2.47. The van der Waals surface area contributed by atoms with Gasteiger partial charge in [0.05, 0.1) is 11.6 Å². The van der Waals surface area contributed by atoms with E-state index in [1.54, 1.807) is 43.3 Å². The largest absolute Gasteiger partial charge is 0.315 e. The molecule has 4 aromatic rings. The van der Waals surface area contributed by atoms with Crippen LogP contribution in [0.15, 0.2) is 41.3 Å². The van der Waals surface area contributed by atoms with Crippen LogP contribution in [0.3, 0.4) is 0 Å². The van der Waals surface area contributed by atoms with E-state index >= 15 is 0 Å². The van der Waals surface area contributed by atoms with Crippen LogP contribution in [0.25, 0.3) is 22.0 Å². The summed E-state index contributed by atoms with van der Waals surface area (Å²) < 4.78 is 28.7. The van der Waals surface area contributed by atoms with Crippen LogP contribution >= 0.6 is 15.9 Å². The van der Waals surface area contributed by atoms with Gasteiger partial charge >= 0.3 is 0 Å². The van der Waals surface area contributed by atoms with E-state index in [4.69, 9.17) is 6.42 Å². The van der Waals surface area contributed by atoms with Gasteiger partial charge in [0.2, 0.25) is 11.8 Å². The highest BCUT2D eigenvalue weighted by molar-refractivity contribution is 9.10. The molecule has 0 saturated carbocycles. The molecule has 11 nitrogen and oxygen atoms in total. The van der Waals surface area contributed by atoms with Gasteiger partial charge in [-0.05, 0) is 78.0 Å². The molecular weight excluding hydrogens is 698 g/mol. The maximum atomic E-state index is 14.3. The number of aromatic nitrogens is 5. The fourth-order valence-electron chi connectivity index (χ4n) is 6.42. The number of rotatable bonds is 12. The first kappa shape index (κ1) is 35.7. The topological polar surface area (TPSA) is 126 Å². The number of Topliss-reactive ketones (excluding diaryl/α,β-unsaturated/α-hetero) is 1. The molecule has 1 fully saturated rings. The average Bonchev–Trinajstić information content (AvgIpc) is 3.62. The van der Waals surface area contributed by atoms with Crippen molar-refractivity contribution < 1.29 is 23.2 Å². The van der Waals surface area contributed by atoms with E-state index in [1.165, 1.54) is 16.5 Å². The number of ketones is 1. The number of pyridine rings is 1. The molecule has 3 atom stereocenters. The number of halogens is 3. The van der Waals surface area contributed by atoms with E-state index in [0.717, 1.165) is 16.7 Å². The maximum Gasteiger partial charge on any atom is 0.248 e. The first-order valence-corrected chi connectivity index (χ1v) is 16.6. The average molecular weight is 736 g/mol. The molecule has 256 valence electrons. The number of aryl methyl sites for hydroxylation is 3. The summed E-state index contributed by atoms with van der Waals surface area (Å²) in [7, 11) is 0. The molecule has 1 saturated heterocycles.